The zero-order chi connectivity index (χ0) is 32.6. The summed E-state index contributed by atoms with van der Waals surface area (Å²) in [6.45, 7) is 4.52. The summed E-state index contributed by atoms with van der Waals surface area (Å²) < 4.78 is 27.3. The zero-order valence-corrected chi connectivity index (χ0v) is 26.1. The predicted molar refractivity (Wildman–Crippen MR) is 160 cm³/mol. The molecule has 2 aromatic rings. The summed E-state index contributed by atoms with van der Waals surface area (Å²) in [6, 6.07) is 13.4. The van der Waals surface area contributed by atoms with Crippen LogP contribution in [-0.2, 0) is 21.4 Å². The Morgan fingerprint density at radius 2 is 1.50 bits per heavy atom. The molecule has 3 rings (SSSR count). The normalized spacial score (nSPS) is 23.1. The lowest BCUT2D eigenvalue weighted by atomic mass is 9.69. The number of aliphatic hydroxyl groups excluding tert-OH is 3. The van der Waals surface area contributed by atoms with E-state index in [1.807, 2.05) is 32.0 Å². The Morgan fingerprint density at radius 1 is 0.909 bits per heavy atom. The first-order chi connectivity index (χ1) is 21.0. The summed E-state index contributed by atoms with van der Waals surface area (Å²) in [6.07, 6.45) is -6.76. The van der Waals surface area contributed by atoms with Crippen LogP contribution >= 0.6 is 0 Å². The monoisotopic (exact) mass is 616 g/mol. The largest absolute Gasteiger partial charge is 0.493 e. The van der Waals surface area contributed by atoms with Crippen LogP contribution in [0, 0.1) is 17.2 Å². The molecule has 0 aromatic heterocycles. The van der Waals surface area contributed by atoms with Crippen molar-refractivity contribution in [3.05, 3.63) is 47.5 Å². The van der Waals surface area contributed by atoms with Crippen LogP contribution in [0.15, 0.2) is 36.4 Å². The molecule has 1 saturated heterocycles. The van der Waals surface area contributed by atoms with Crippen LogP contribution in [-0.4, -0.2) is 103 Å². The van der Waals surface area contributed by atoms with Crippen LogP contribution in [0.25, 0.3) is 0 Å². The highest BCUT2D eigenvalue weighted by atomic mass is 16.6. The minimum atomic E-state index is -1.80. The van der Waals surface area contributed by atoms with Gasteiger partial charge in [-0.15, -0.1) is 0 Å². The number of benzene rings is 2. The van der Waals surface area contributed by atoms with Gasteiger partial charge in [0.1, 0.15) is 24.5 Å². The average Bonchev–Trinajstić information content (AvgIpc) is 3.03. The Bertz CT molecular complexity index is 1300. The van der Waals surface area contributed by atoms with Crippen molar-refractivity contribution in [3.63, 3.8) is 0 Å². The van der Waals surface area contributed by atoms with E-state index in [1.165, 1.54) is 14.2 Å². The molecule has 242 valence electrons. The molecule has 0 bridgehead atoms. The third-order valence-electron chi connectivity index (χ3n) is 8.43. The number of hydrogen-bond acceptors (Lipinski definition) is 11. The van der Waals surface area contributed by atoms with E-state index < -0.39 is 42.0 Å². The SMILES string of the molecule is COc1ccc(CCN(CCC[C@](C#N)(c2ccc(OC)c(OC)c2)C(C)C)[C@H]2O[C@H](C(=O)O)[C@H](O)[C@H](O)[C@H]2O)cc1OC. The molecule has 0 aliphatic carbocycles. The van der Waals surface area contributed by atoms with Crippen molar-refractivity contribution in [2.24, 2.45) is 5.92 Å². The highest BCUT2D eigenvalue weighted by Gasteiger charge is 2.48. The van der Waals surface area contributed by atoms with Gasteiger partial charge in [-0.05, 0) is 60.6 Å². The molecule has 0 radical (unpaired) electrons. The molecule has 4 N–H and O–H groups in total. The maximum absolute atomic E-state index is 11.8. The van der Waals surface area contributed by atoms with Crippen LogP contribution in [0.3, 0.4) is 0 Å². The first-order valence-electron chi connectivity index (χ1n) is 14.5. The Balaban J connectivity index is 1.91. The van der Waals surface area contributed by atoms with Gasteiger partial charge in [0.05, 0.1) is 39.9 Å². The number of methoxy groups -OCH3 is 4. The van der Waals surface area contributed by atoms with Crippen molar-refractivity contribution in [1.82, 2.24) is 4.90 Å². The summed E-state index contributed by atoms with van der Waals surface area (Å²) in [5.74, 6) is 0.622. The lowest BCUT2D eigenvalue weighted by Crippen LogP contribution is -2.64. The molecule has 0 amide bonds. The summed E-state index contributed by atoms with van der Waals surface area (Å²) in [5.41, 5.74) is 0.745. The van der Waals surface area contributed by atoms with E-state index in [9.17, 15) is 30.5 Å². The number of ether oxygens (including phenoxy) is 5. The van der Waals surface area contributed by atoms with E-state index in [0.717, 1.165) is 11.1 Å². The van der Waals surface area contributed by atoms with Gasteiger partial charge in [0.25, 0.3) is 0 Å². The average molecular weight is 617 g/mol. The number of nitrogens with zero attached hydrogens (tertiary/aromatic N) is 2. The van der Waals surface area contributed by atoms with E-state index in [-0.39, 0.29) is 12.5 Å². The Kier molecular flexibility index (Phi) is 12.2. The first-order valence-corrected chi connectivity index (χ1v) is 14.5. The minimum absolute atomic E-state index is 0.0873. The second kappa shape index (κ2) is 15.4. The molecule has 1 aliphatic heterocycles. The fourth-order valence-corrected chi connectivity index (χ4v) is 5.73. The zero-order valence-electron chi connectivity index (χ0n) is 26.1. The van der Waals surface area contributed by atoms with E-state index in [2.05, 4.69) is 6.07 Å². The summed E-state index contributed by atoms with van der Waals surface area (Å²) in [5, 5.41) is 51.8. The third kappa shape index (κ3) is 7.36. The van der Waals surface area contributed by atoms with Crippen molar-refractivity contribution in [3.8, 4) is 29.1 Å². The summed E-state index contributed by atoms with van der Waals surface area (Å²) in [4.78, 5) is 13.6. The molecular weight excluding hydrogens is 572 g/mol. The molecule has 1 heterocycles. The van der Waals surface area contributed by atoms with E-state index in [0.29, 0.717) is 48.8 Å². The predicted octanol–water partition coefficient (Wildman–Crippen LogP) is 2.36. The molecule has 0 saturated carbocycles. The minimum Gasteiger partial charge on any atom is -0.493 e. The highest BCUT2D eigenvalue weighted by molar-refractivity contribution is 5.73. The number of carbonyl (C=O) groups is 1. The maximum atomic E-state index is 11.8. The molecule has 0 unspecified atom stereocenters. The molecule has 44 heavy (non-hydrogen) atoms. The number of carboxylic acid groups (broad SMARTS) is 1. The topological polar surface area (TPSA) is 171 Å². The Morgan fingerprint density at radius 3 is 2.05 bits per heavy atom. The Labute approximate surface area is 258 Å². The van der Waals surface area contributed by atoms with Crippen LogP contribution in [0.4, 0.5) is 0 Å². The van der Waals surface area contributed by atoms with Crippen LogP contribution in [0.5, 0.6) is 23.0 Å². The Hall–Kier alpha value is -3.60. The summed E-state index contributed by atoms with van der Waals surface area (Å²) in [7, 11) is 6.15. The van der Waals surface area contributed by atoms with Crippen molar-refractivity contribution in [2.45, 2.75) is 69.2 Å². The van der Waals surface area contributed by atoms with Gasteiger partial charge in [-0.3, -0.25) is 4.90 Å². The van der Waals surface area contributed by atoms with Gasteiger partial charge in [-0.2, -0.15) is 5.26 Å². The molecule has 12 heteroatoms. The van der Waals surface area contributed by atoms with Crippen LogP contribution in [0.1, 0.15) is 37.8 Å². The lowest BCUT2D eigenvalue weighted by molar-refractivity contribution is -0.259. The number of aliphatic hydroxyl groups is 3. The van der Waals surface area contributed by atoms with Crippen LogP contribution < -0.4 is 18.9 Å². The molecule has 1 fully saturated rings. The van der Waals surface area contributed by atoms with Gasteiger partial charge in [0, 0.05) is 13.1 Å². The van der Waals surface area contributed by atoms with E-state index >= 15 is 0 Å². The van der Waals surface area contributed by atoms with E-state index in [4.69, 9.17) is 23.7 Å². The lowest BCUT2D eigenvalue weighted by Gasteiger charge is -2.44. The van der Waals surface area contributed by atoms with Gasteiger partial charge >= 0.3 is 5.97 Å². The van der Waals surface area contributed by atoms with E-state index in [1.54, 1.807) is 37.3 Å². The number of nitriles is 1. The molecular formula is C32H44N2O10. The standard InChI is InChI=1S/C32H44N2O10/c1-19(2)32(18-33,21-9-11-23(41-4)25(17-21)43-6)13-7-14-34(15-12-20-8-10-22(40-3)24(16-20)42-5)30-28(37)26(35)27(36)29(44-30)31(38)39/h8-11,16-17,19,26-30,35-37H,7,12-15H2,1-6H3,(H,38,39)/t26-,27+,28+,29-,30-,32+/m0/s1. The summed E-state index contributed by atoms with van der Waals surface area (Å²) >= 11 is 0. The van der Waals surface area contributed by atoms with Gasteiger partial charge in [-0.1, -0.05) is 26.0 Å². The maximum Gasteiger partial charge on any atom is 0.335 e. The number of hydrogen-bond donors (Lipinski definition) is 4. The number of carboxylic acids is 1. The second-order valence-corrected chi connectivity index (χ2v) is 11.1. The first kappa shape index (κ1) is 34.9. The third-order valence-corrected chi connectivity index (χ3v) is 8.43. The van der Waals surface area contributed by atoms with Crippen molar-refractivity contribution >= 4 is 5.97 Å². The van der Waals surface area contributed by atoms with Gasteiger partial charge in [0.15, 0.2) is 29.1 Å². The van der Waals surface area contributed by atoms with Gasteiger partial charge in [0.2, 0.25) is 0 Å². The molecule has 6 atom stereocenters. The highest BCUT2D eigenvalue weighted by Crippen LogP contribution is 2.41. The molecule has 0 spiro atoms. The number of rotatable bonds is 15. The second-order valence-electron chi connectivity index (χ2n) is 11.1. The van der Waals surface area contributed by atoms with Crippen molar-refractivity contribution in [2.75, 3.05) is 41.5 Å². The fraction of sp³-hybridized carbons (Fsp3) is 0.562. The fourth-order valence-electron chi connectivity index (χ4n) is 5.73. The smallest absolute Gasteiger partial charge is 0.335 e. The molecule has 2 aromatic carbocycles. The molecule has 12 nitrogen and oxygen atoms in total. The van der Waals surface area contributed by atoms with Crippen LogP contribution in [0.2, 0.25) is 0 Å². The molecule has 1 aliphatic rings. The van der Waals surface area contributed by atoms with Crippen molar-refractivity contribution in [1.29, 1.82) is 5.26 Å². The van der Waals surface area contributed by atoms with Gasteiger partial charge < -0.3 is 44.1 Å². The quantitative estimate of drug-likeness (QED) is 0.231. The van der Waals surface area contributed by atoms with Gasteiger partial charge in [-0.25, -0.2) is 4.79 Å². The van der Waals surface area contributed by atoms with Crippen molar-refractivity contribution < 1.29 is 48.9 Å². The number of aliphatic carboxylic acids is 1.